The minimum Gasteiger partial charge on any atom is -0.334 e. The monoisotopic (exact) mass is 454 g/mol. The molecule has 2 amide bonds. The Labute approximate surface area is 181 Å². The summed E-state index contributed by atoms with van der Waals surface area (Å²) in [6, 6.07) is 2.87. The Morgan fingerprint density at radius 1 is 1.23 bits per heavy atom. The second-order valence-electron chi connectivity index (χ2n) is 6.85. The summed E-state index contributed by atoms with van der Waals surface area (Å²) in [5.41, 5.74) is 0.449. The molecular weight excluding hydrogens is 438 g/mol. The van der Waals surface area contributed by atoms with Crippen molar-refractivity contribution >= 4 is 40.7 Å². The smallest absolute Gasteiger partial charge is 0.288 e. The van der Waals surface area contributed by atoms with Crippen LogP contribution in [0.5, 0.6) is 0 Å². The number of halogens is 3. The highest BCUT2D eigenvalue weighted by Gasteiger charge is 2.35. The summed E-state index contributed by atoms with van der Waals surface area (Å²) < 4.78 is 14.1. The van der Waals surface area contributed by atoms with Crippen molar-refractivity contribution in [2.24, 2.45) is 0 Å². The van der Waals surface area contributed by atoms with Crippen LogP contribution in [0.4, 0.5) is 10.1 Å². The van der Waals surface area contributed by atoms with Crippen LogP contribution in [0.2, 0.25) is 10.0 Å². The molecule has 1 aromatic carbocycles. The van der Waals surface area contributed by atoms with E-state index in [0.29, 0.717) is 11.3 Å². The van der Waals surface area contributed by atoms with Gasteiger partial charge >= 0.3 is 0 Å². The van der Waals surface area contributed by atoms with Gasteiger partial charge in [-0.2, -0.15) is 0 Å². The summed E-state index contributed by atoms with van der Waals surface area (Å²) in [6.07, 6.45) is 1.08. The van der Waals surface area contributed by atoms with Crippen LogP contribution in [0.15, 0.2) is 24.4 Å². The van der Waals surface area contributed by atoms with E-state index in [1.165, 1.54) is 28.9 Å². The van der Waals surface area contributed by atoms with E-state index in [0.717, 1.165) is 12.3 Å². The average molecular weight is 455 g/mol. The van der Waals surface area contributed by atoms with Crippen LogP contribution < -0.4 is 0 Å². The molecule has 0 saturated carbocycles. The molecule has 8 nitrogen and oxygen atoms in total. The fraction of sp³-hybridized carbons (Fsp3) is 0.316. The highest BCUT2D eigenvalue weighted by Crippen LogP contribution is 2.34. The molecule has 30 heavy (non-hydrogen) atoms. The maximum Gasteiger partial charge on any atom is 0.288 e. The first-order valence-electron chi connectivity index (χ1n) is 8.92. The molecule has 0 spiro atoms. The molecule has 158 valence electrons. The van der Waals surface area contributed by atoms with Crippen LogP contribution in [-0.4, -0.2) is 51.2 Å². The van der Waals surface area contributed by atoms with E-state index in [4.69, 9.17) is 23.2 Å². The third-order valence-corrected chi connectivity index (χ3v) is 5.60. The maximum atomic E-state index is 14.1. The summed E-state index contributed by atoms with van der Waals surface area (Å²) in [6.45, 7) is 3.37. The molecular formula is C19H17Cl2FN4O4. The van der Waals surface area contributed by atoms with Gasteiger partial charge in [-0.3, -0.25) is 24.7 Å². The van der Waals surface area contributed by atoms with Gasteiger partial charge in [0, 0.05) is 37.6 Å². The molecule has 1 fully saturated rings. The topological polar surface area (TPSA) is 96.7 Å². The van der Waals surface area contributed by atoms with Gasteiger partial charge in [0.15, 0.2) is 0 Å². The number of nitro groups is 1. The number of carbonyl (C=O) groups is 2. The van der Waals surface area contributed by atoms with Crippen LogP contribution in [0.3, 0.4) is 0 Å². The number of aromatic nitrogens is 1. The number of benzene rings is 1. The Morgan fingerprint density at radius 2 is 1.93 bits per heavy atom. The summed E-state index contributed by atoms with van der Waals surface area (Å²) in [5, 5.41) is 11.1. The van der Waals surface area contributed by atoms with E-state index in [-0.39, 0.29) is 46.8 Å². The minimum absolute atomic E-state index is 0.0291. The lowest BCUT2D eigenvalue weighted by Gasteiger charge is -2.41. The Bertz CT molecular complexity index is 1050. The Hall–Kier alpha value is -2.78. The average Bonchev–Trinajstić information content (AvgIpc) is 2.69. The van der Waals surface area contributed by atoms with Crippen molar-refractivity contribution in [1.82, 2.24) is 14.8 Å². The third kappa shape index (κ3) is 4.22. The van der Waals surface area contributed by atoms with Gasteiger partial charge in [-0.05, 0) is 24.6 Å². The standard InChI is InChI=1S/C19H17Cl2FN4O4/c1-10-13(5-12(8-23-10)26(29)30)19(28)24-3-4-25(11(2)27)18(9-24)14-6-17(22)16(21)7-15(14)20/h5-8,18H,3-4,9H2,1-2H3. The molecule has 0 aliphatic carbocycles. The Morgan fingerprint density at radius 3 is 2.57 bits per heavy atom. The van der Waals surface area contributed by atoms with Crippen molar-refractivity contribution in [2.45, 2.75) is 19.9 Å². The predicted octanol–water partition coefficient (Wildman–Crippen LogP) is 3.79. The van der Waals surface area contributed by atoms with Gasteiger partial charge in [0.25, 0.3) is 11.6 Å². The fourth-order valence-corrected chi connectivity index (χ4v) is 3.92. The zero-order valence-electron chi connectivity index (χ0n) is 16.1. The SMILES string of the molecule is CC(=O)N1CCN(C(=O)c2cc([N+](=O)[O-])cnc2C)CC1c1cc(F)c(Cl)cc1Cl. The second-order valence-corrected chi connectivity index (χ2v) is 7.67. The molecule has 1 atom stereocenters. The van der Waals surface area contributed by atoms with E-state index in [1.807, 2.05) is 0 Å². The zero-order chi connectivity index (χ0) is 22.2. The lowest BCUT2D eigenvalue weighted by Crippen LogP contribution is -2.52. The van der Waals surface area contributed by atoms with E-state index in [2.05, 4.69) is 4.98 Å². The van der Waals surface area contributed by atoms with Crippen molar-refractivity contribution in [3.8, 4) is 0 Å². The highest BCUT2D eigenvalue weighted by atomic mass is 35.5. The molecule has 0 bridgehead atoms. The predicted molar refractivity (Wildman–Crippen MR) is 108 cm³/mol. The first-order chi connectivity index (χ1) is 14.1. The number of pyridine rings is 1. The van der Waals surface area contributed by atoms with Gasteiger partial charge in [0.2, 0.25) is 5.91 Å². The summed E-state index contributed by atoms with van der Waals surface area (Å²) in [4.78, 5) is 42.5. The van der Waals surface area contributed by atoms with Crippen LogP contribution in [0, 0.1) is 22.9 Å². The Balaban J connectivity index is 1.97. The molecule has 1 saturated heterocycles. The molecule has 2 heterocycles. The van der Waals surface area contributed by atoms with Gasteiger partial charge in [-0.1, -0.05) is 23.2 Å². The molecule has 2 aromatic rings. The van der Waals surface area contributed by atoms with E-state index < -0.39 is 22.7 Å². The summed E-state index contributed by atoms with van der Waals surface area (Å²) >= 11 is 12.0. The van der Waals surface area contributed by atoms with Crippen molar-refractivity contribution < 1.29 is 18.9 Å². The number of rotatable bonds is 3. The van der Waals surface area contributed by atoms with Gasteiger partial charge in [0.1, 0.15) is 12.0 Å². The second kappa shape index (κ2) is 8.53. The quantitative estimate of drug-likeness (QED) is 0.399. The molecule has 1 aliphatic rings. The number of piperazine rings is 1. The lowest BCUT2D eigenvalue weighted by atomic mass is 10.0. The molecule has 0 N–H and O–H groups in total. The minimum atomic E-state index is -0.702. The molecule has 1 aliphatic heterocycles. The fourth-order valence-electron chi connectivity index (χ4n) is 3.41. The number of hydrogen-bond acceptors (Lipinski definition) is 5. The number of hydrogen-bond donors (Lipinski definition) is 0. The molecule has 1 aromatic heterocycles. The van der Waals surface area contributed by atoms with Crippen molar-refractivity contribution in [3.05, 3.63) is 67.2 Å². The van der Waals surface area contributed by atoms with E-state index in [9.17, 15) is 24.1 Å². The van der Waals surface area contributed by atoms with Gasteiger partial charge < -0.3 is 9.80 Å². The number of carbonyl (C=O) groups excluding carboxylic acids is 2. The maximum absolute atomic E-state index is 14.1. The molecule has 11 heteroatoms. The molecule has 0 radical (unpaired) electrons. The van der Waals surface area contributed by atoms with Crippen LogP contribution in [-0.2, 0) is 4.79 Å². The summed E-state index contributed by atoms with van der Waals surface area (Å²) in [7, 11) is 0. The summed E-state index contributed by atoms with van der Waals surface area (Å²) in [5.74, 6) is -1.42. The van der Waals surface area contributed by atoms with E-state index >= 15 is 0 Å². The molecule has 1 unspecified atom stereocenters. The zero-order valence-corrected chi connectivity index (χ0v) is 17.6. The van der Waals surface area contributed by atoms with Crippen molar-refractivity contribution in [2.75, 3.05) is 19.6 Å². The highest BCUT2D eigenvalue weighted by molar-refractivity contribution is 6.35. The van der Waals surface area contributed by atoms with Crippen molar-refractivity contribution in [3.63, 3.8) is 0 Å². The van der Waals surface area contributed by atoms with Crippen LogP contribution in [0.25, 0.3) is 0 Å². The normalized spacial score (nSPS) is 16.5. The van der Waals surface area contributed by atoms with Crippen LogP contribution in [0.1, 0.15) is 34.6 Å². The van der Waals surface area contributed by atoms with Crippen molar-refractivity contribution in [1.29, 1.82) is 0 Å². The molecule has 3 rings (SSSR count). The number of aryl methyl sites for hydroxylation is 1. The van der Waals surface area contributed by atoms with E-state index in [1.54, 1.807) is 6.92 Å². The Kier molecular flexibility index (Phi) is 6.23. The van der Waals surface area contributed by atoms with Gasteiger partial charge in [0.05, 0.1) is 27.2 Å². The first kappa shape index (κ1) is 21.9. The third-order valence-electron chi connectivity index (χ3n) is 4.98. The lowest BCUT2D eigenvalue weighted by molar-refractivity contribution is -0.385. The van der Waals surface area contributed by atoms with Crippen LogP contribution >= 0.6 is 23.2 Å². The number of amides is 2. The largest absolute Gasteiger partial charge is 0.334 e. The number of nitrogens with zero attached hydrogens (tertiary/aromatic N) is 4. The first-order valence-corrected chi connectivity index (χ1v) is 9.67. The van der Waals surface area contributed by atoms with Gasteiger partial charge in [-0.25, -0.2) is 4.39 Å². The van der Waals surface area contributed by atoms with Gasteiger partial charge in [-0.15, -0.1) is 0 Å².